The van der Waals surface area contributed by atoms with Crippen molar-refractivity contribution >= 4 is 11.8 Å². The van der Waals surface area contributed by atoms with Gasteiger partial charge in [-0.3, -0.25) is 0 Å². The zero-order chi connectivity index (χ0) is 10.5. The molecule has 0 spiro atoms. The summed E-state index contributed by atoms with van der Waals surface area (Å²) in [5.74, 6) is 2.13. The first-order chi connectivity index (χ1) is 7.34. The number of nitrogens with one attached hydrogen (secondary N) is 1. The van der Waals surface area contributed by atoms with E-state index in [-0.39, 0.29) is 0 Å². The van der Waals surface area contributed by atoms with Crippen LogP contribution in [0.1, 0.15) is 18.4 Å². The Morgan fingerprint density at radius 2 is 2.13 bits per heavy atom. The molecular weight excluding hydrogens is 202 g/mol. The molecule has 1 unspecified atom stereocenters. The predicted molar refractivity (Wildman–Crippen MR) is 67.5 cm³/mol. The van der Waals surface area contributed by atoms with Crippen LogP contribution in [0.25, 0.3) is 0 Å². The van der Waals surface area contributed by atoms with Crippen molar-refractivity contribution in [3.63, 3.8) is 0 Å². The van der Waals surface area contributed by atoms with E-state index in [9.17, 15) is 0 Å². The lowest BCUT2D eigenvalue weighted by Gasteiger charge is -2.22. The first kappa shape index (κ1) is 11.0. The lowest BCUT2D eigenvalue weighted by Crippen LogP contribution is -2.30. The minimum absolute atomic E-state index is 0.866. The van der Waals surface area contributed by atoms with Crippen LogP contribution in [0.4, 0.5) is 0 Å². The van der Waals surface area contributed by atoms with Crippen molar-refractivity contribution < 1.29 is 0 Å². The topological polar surface area (TPSA) is 12.0 Å². The smallest absolute Gasteiger partial charge is 0.00722 e. The summed E-state index contributed by atoms with van der Waals surface area (Å²) in [5.41, 5.74) is 1.35. The third-order valence-electron chi connectivity index (χ3n) is 2.91. The number of rotatable bonds is 3. The van der Waals surface area contributed by atoms with E-state index in [1.54, 1.807) is 0 Å². The van der Waals surface area contributed by atoms with Crippen molar-refractivity contribution in [1.29, 1.82) is 0 Å². The molecule has 0 saturated carbocycles. The monoisotopic (exact) mass is 221 g/mol. The number of aryl methyl sites for hydroxylation is 1. The van der Waals surface area contributed by atoms with Gasteiger partial charge in [0.2, 0.25) is 0 Å². The number of hydrogen-bond donors (Lipinski definition) is 1. The van der Waals surface area contributed by atoms with Crippen LogP contribution in [-0.2, 0) is 0 Å². The highest BCUT2D eigenvalue weighted by atomic mass is 32.2. The van der Waals surface area contributed by atoms with Gasteiger partial charge in [0, 0.05) is 10.6 Å². The van der Waals surface area contributed by atoms with Crippen LogP contribution in [0.5, 0.6) is 0 Å². The molecule has 1 aliphatic rings. The van der Waals surface area contributed by atoms with E-state index < -0.39 is 0 Å². The Bertz CT molecular complexity index is 288. The number of hydrogen-bond acceptors (Lipinski definition) is 2. The van der Waals surface area contributed by atoms with Gasteiger partial charge in [-0.15, -0.1) is 11.8 Å². The van der Waals surface area contributed by atoms with E-state index in [1.165, 1.54) is 42.1 Å². The fourth-order valence-corrected chi connectivity index (χ4v) is 2.96. The molecule has 2 rings (SSSR count). The normalized spacial score (nSPS) is 21.5. The van der Waals surface area contributed by atoms with Gasteiger partial charge in [-0.1, -0.05) is 17.7 Å². The lowest BCUT2D eigenvalue weighted by molar-refractivity contribution is 0.410. The average Bonchev–Trinajstić information content (AvgIpc) is 2.30. The van der Waals surface area contributed by atoms with E-state index in [4.69, 9.17) is 0 Å². The van der Waals surface area contributed by atoms with E-state index in [0.29, 0.717) is 0 Å². The second-order valence-corrected chi connectivity index (χ2v) is 5.43. The molecule has 1 fully saturated rings. The second-order valence-electron chi connectivity index (χ2n) is 4.34. The zero-order valence-corrected chi connectivity index (χ0v) is 10.1. The summed E-state index contributed by atoms with van der Waals surface area (Å²) in [6.07, 6.45) is 2.74. The summed E-state index contributed by atoms with van der Waals surface area (Å²) in [5, 5.41) is 3.47. The van der Waals surface area contributed by atoms with E-state index in [2.05, 4.69) is 36.5 Å². The van der Waals surface area contributed by atoms with Crippen molar-refractivity contribution in [2.24, 2.45) is 5.92 Å². The van der Waals surface area contributed by atoms with Gasteiger partial charge in [0.15, 0.2) is 0 Å². The molecule has 1 aromatic rings. The van der Waals surface area contributed by atoms with Gasteiger partial charge in [-0.25, -0.2) is 0 Å². The number of benzene rings is 1. The maximum Gasteiger partial charge on any atom is 0.00722 e. The molecular formula is C13H19NS. The lowest BCUT2D eigenvalue weighted by atomic mass is 10.0. The molecule has 1 N–H and O–H groups in total. The van der Waals surface area contributed by atoms with Crippen LogP contribution in [0.2, 0.25) is 0 Å². The van der Waals surface area contributed by atoms with Crippen LogP contribution in [-0.4, -0.2) is 18.8 Å². The van der Waals surface area contributed by atoms with Crippen molar-refractivity contribution in [3.05, 3.63) is 29.8 Å². The third kappa shape index (κ3) is 3.54. The summed E-state index contributed by atoms with van der Waals surface area (Å²) < 4.78 is 0. The quantitative estimate of drug-likeness (QED) is 0.787. The highest BCUT2D eigenvalue weighted by molar-refractivity contribution is 7.99. The molecule has 1 heterocycles. The summed E-state index contributed by atoms with van der Waals surface area (Å²) in [6.45, 7) is 4.56. The Hall–Kier alpha value is -0.470. The van der Waals surface area contributed by atoms with Crippen molar-refractivity contribution in [1.82, 2.24) is 5.32 Å². The Morgan fingerprint density at radius 1 is 1.33 bits per heavy atom. The predicted octanol–water partition coefficient (Wildman–Crippen LogP) is 3.09. The standard InChI is InChI=1S/C13H19NS/c1-11-4-6-13(7-5-11)15-10-12-3-2-8-14-9-12/h4-7,12,14H,2-3,8-10H2,1H3. The average molecular weight is 221 g/mol. The first-order valence-electron chi connectivity index (χ1n) is 5.75. The van der Waals surface area contributed by atoms with Gasteiger partial charge in [-0.05, 0) is 50.9 Å². The third-order valence-corrected chi connectivity index (χ3v) is 4.15. The van der Waals surface area contributed by atoms with Crippen LogP contribution in [0.3, 0.4) is 0 Å². The molecule has 0 amide bonds. The van der Waals surface area contributed by atoms with Gasteiger partial charge in [-0.2, -0.15) is 0 Å². The summed E-state index contributed by atoms with van der Waals surface area (Å²) in [4.78, 5) is 1.41. The molecule has 0 radical (unpaired) electrons. The fraction of sp³-hybridized carbons (Fsp3) is 0.538. The zero-order valence-electron chi connectivity index (χ0n) is 9.33. The molecule has 1 nitrogen and oxygen atoms in total. The molecule has 1 aromatic carbocycles. The maximum atomic E-state index is 3.47. The Kier molecular flexibility index (Phi) is 4.09. The fourth-order valence-electron chi connectivity index (χ4n) is 1.91. The molecule has 1 saturated heterocycles. The molecule has 0 aromatic heterocycles. The van der Waals surface area contributed by atoms with Crippen LogP contribution >= 0.6 is 11.8 Å². The van der Waals surface area contributed by atoms with Gasteiger partial charge in [0.25, 0.3) is 0 Å². The second kappa shape index (κ2) is 5.57. The molecule has 1 aliphatic heterocycles. The van der Waals surface area contributed by atoms with Crippen molar-refractivity contribution in [2.45, 2.75) is 24.7 Å². The molecule has 15 heavy (non-hydrogen) atoms. The number of thioether (sulfide) groups is 1. The molecule has 82 valence electrons. The molecule has 0 aliphatic carbocycles. The highest BCUT2D eigenvalue weighted by Crippen LogP contribution is 2.23. The van der Waals surface area contributed by atoms with Gasteiger partial charge < -0.3 is 5.32 Å². The van der Waals surface area contributed by atoms with E-state index in [0.717, 1.165) is 5.92 Å². The minimum Gasteiger partial charge on any atom is -0.316 e. The van der Waals surface area contributed by atoms with Gasteiger partial charge >= 0.3 is 0 Å². The SMILES string of the molecule is Cc1ccc(SCC2CCCNC2)cc1. The van der Waals surface area contributed by atoms with Crippen LogP contribution in [0.15, 0.2) is 29.2 Å². The Morgan fingerprint density at radius 3 is 2.80 bits per heavy atom. The molecule has 2 heteroatoms. The van der Waals surface area contributed by atoms with E-state index in [1.807, 2.05) is 11.8 Å². The summed E-state index contributed by atoms with van der Waals surface area (Å²) >= 11 is 2.00. The highest BCUT2D eigenvalue weighted by Gasteiger charge is 2.12. The van der Waals surface area contributed by atoms with Crippen molar-refractivity contribution in [3.8, 4) is 0 Å². The van der Waals surface area contributed by atoms with E-state index >= 15 is 0 Å². The Balaban J connectivity index is 1.79. The maximum absolute atomic E-state index is 3.47. The van der Waals surface area contributed by atoms with Gasteiger partial charge in [0.1, 0.15) is 0 Å². The molecule has 0 bridgehead atoms. The van der Waals surface area contributed by atoms with Crippen molar-refractivity contribution in [2.75, 3.05) is 18.8 Å². The van der Waals surface area contributed by atoms with Crippen LogP contribution in [0, 0.1) is 12.8 Å². The molecule has 1 atom stereocenters. The number of piperidine rings is 1. The first-order valence-corrected chi connectivity index (χ1v) is 6.73. The summed E-state index contributed by atoms with van der Waals surface area (Å²) in [6, 6.07) is 8.86. The largest absolute Gasteiger partial charge is 0.316 e. The minimum atomic E-state index is 0.866. The van der Waals surface area contributed by atoms with Crippen LogP contribution < -0.4 is 5.32 Å². The Labute approximate surface area is 96.7 Å². The van der Waals surface area contributed by atoms with Gasteiger partial charge in [0.05, 0.1) is 0 Å². The summed E-state index contributed by atoms with van der Waals surface area (Å²) in [7, 11) is 0.